The second kappa shape index (κ2) is 3.65. The molecule has 0 radical (unpaired) electrons. The van der Waals surface area contributed by atoms with E-state index < -0.39 is 71.6 Å². The van der Waals surface area contributed by atoms with E-state index in [1.54, 1.807) is 0 Å². The highest BCUT2D eigenvalue weighted by Crippen LogP contribution is 2.90. The van der Waals surface area contributed by atoms with Gasteiger partial charge in [-0.15, -0.1) is 0 Å². The second-order valence-corrected chi connectivity index (χ2v) is 6.98. The lowest BCUT2D eigenvalue weighted by Gasteiger charge is -2.76. The third kappa shape index (κ3) is 0.975. The van der Waals surface area contributed by atoms with E-state index >= 15 is 0 Å². The first kappa shape index (κ1) is 19.8. The van der Waals surface area contributed by atoms with Crippen LogP contribution in [0.25, 0.3) is 0 Å². The van der Waals surface area contributed by atoms with Crippen molar-refractivity contribution in [3.8, 4) is 0 Å². The van der Waals surface area contributed by atoms with Crippen molar-refractivity contribution in [2.24, 2.45) is 5.41 Å². The fraction of sp³-hybridized carbons (Fsp3) is 1.00. The molecule has 0 aliphatic heterocycles. The average Bonchev–Trinajstić information content (AvgIpc) is 2.46. The number of rotatable bonds is 0. The van der Waals surface area contributed by atoms with Crippen molar-refractivity contribution in [3.63, 3.8) is 0 Å². The molecule has 0 heterocycles. The fourth-order valence-electron chi connectivity index (χ4n) is 4.50. The van der Waals surface area contributed by atoms with Gasteiger partial charge in [0.25, 0.3) is 5.67 Å². The molecule has 4 fully saturated rings. The largest absolute Gasteiger partial charge is 0.339 e. The SMILES string of the molecule is CC1(F)C2(C)C(F)(F)C3(F)C(F)(F)C1(F)C(F)(F)C(F)(C2(F)F)C3(F)F. The average molecular weight is 416 g/mol. The van der Waals surface area contributed by atoms with E-state index in [0.29, 0.717) is 0 Å². The molecule has 26 heavy (non-hydrogen) atoms. The van der Waals surface area contributed by atoms with E-state index in [0.717, 1.165) is 0 Å². The van der Waals surface area contributed by atoms with Gasteiger partial charge in [-0.2, -0.15) is 26.3 Å². The summed E-state index contributed by atoms with van der Waals surface area (Å²) < 4.78 is 199. The first-order valence-electron chi connectivity index (χ1n) is 6.65. The van der Waals surface area contributed by atoms with Crippen molar-refractivity contribution in [1.82, 2.24) is 0 Å². The zero-order valence-electron chi connectivity index (χ0n) is 12.3. The molecule has 4 rings (SSSR count). The van der Waals surface area contributed by atoms with Gasteiger partial charge in [0, 0.05) is 0 Å². The van der Waals surface area contributed by atoms with Crippen LogP contribution < -0.4 is 0 Å². The highest BCUT2D eigenvalue weighted by molar-refractivity contribution is 5.53. The van der Waals surface area contributed by atoms with Gasteiger partial charge in [0.1, 0.15) is 5.41 Å². The lowest BCUT2D eigenvalue weighted by atomic mass is 9.34. The Bertz CT molecular complexity index is 508. The summed E-state index contributed by atoms with van der Waals surface area (Å²) in [6.45, 7) is -1.84. The van der Waals surface area contributed by atoms with Crippen molar-refractivity contribution >= 4 is 0 Å². The molecule has 3 unspecified atom stereocenters. The van der Waals surface area contributed by atoms with Gasteiger partial charge in [0.05, 0.1) is 0 Å². The molecule has 4 aliphatic rings. The third-order valence-corrected chi connectivity index (χ3v) is 6.30. The summed E-state index contributed by atoms with van der Waals surface area (Å²) in [6.07, 6.45) is 0. The Morgan fingerprint density at radius 2 is 0.577 bits per heavy atom. The minimum Gasteiger partial charge on any atom is -0.239 e. The molecule has 4 saturated carbocycles. The second-order valence-electron chi connectivity index (χ2n) is 6.98. The van der Waals surface area contributed by atoms with Crippen LogP contribution in [0.5, 0.6) is 0 Å². The maximum Gasteiger partial charge on any atom is 0.339 e. The molecular weight excluding hydrogens is 410 g/mol. The van der Waals surface area contributed by atoms with Gasteiger partial charge in [0.15, 0.2) is 5.67 Å². The maximum atomic E-state index is 14.6. The third-order valence-electron chi connectivity index (χ3n) is 6.30. The van der Waals surface area contributed by atoms with Crippen LogP contribution in [0, 0.1) is 5.41 Å². The van der Waals surface area contributed by atoms with E-state index in [2.05, 4.69) is 0 Å². The Balaban J connectivity index is 2.71. The molecule has 3 atom stereocenters. The first-order chi connectivity index (χ1) is 11.0. The fourth-order valence-corrected chi connectivity index (χ4v) is 4.50. The molecule has 14 heteroatoms. The molecule has 152 valence electrons. The quantitative estimate of drug-likeness (QED) is 0.485. The zero-order valence-corrected chi connectivity index (χ0v) is 12.3. The van der Waals surface area contributed by atoms with E-state index in [1.165, 1.54) is 0 Å². The molecule has 4 bridgehead atoms. The number of hydrogen-bond acceptors (Lipinski definition) is 0. The van der Waals surface area contributed by atoms with E-state index in [9.17, 15) is 61.5 Å². The Hall–Kier alpha value is -0.980. The van der Waals surface area contributed by atoms with Crippen LogP contribution in [-0.2, 0) is 0 Å². The molecule has 0 spiro atoms. The molecule has 0 aromatic rings. The summed E-state index contributed by atoms with van der Waals surface area (Å²) in [4.78, 5) is 0. The minimum atomic E-state index is -7.51. The van der Waals surface area contributed by atoms with Gasteiger partial charge in [-0.1, -0.05) is 0 Å². The van der Waals surface area contributed by atoms with Crippen molar-refractivity contribution < 1.29 is 61.5 Å². The molecule has 0 nitrogen and oxygen atoms in total. The normalized spacial score (nSPS) is 57.2. The molecule has 0 N–H and O–H groups in total. The summed E-state index contributed by atoms with van der Waals surface area (Å²) >= 11 is 0. The Kier molecular flexibility index (Phi) is 2.78. The smallest absolute Gasteiger partial charge is 0.239 e. The molecule has 4 aliphatic carbocycles. The lowest BCUT2D eigenvalue weighted by Crippen LogP contribution is -3.07. The number of hydrogen-bond donors (Lipinski definition) is 0. The van der Waals surface area contributed by atoms with Crippen molar-refractivity contribution in [2.75, 3.05) is 0 Å². The van der Waals surface area contributed by atoms with Crippen LogP contribution in [0.15, 0.2) is 0 Å². The zero-order chi connectivity index (χ0) is 21.0. The van der Waals surface area contributed by atoms with Crippen LogP contribution in [-0.4, -0.2) is 52.3 Å². The summed E-state index contributed by atoms with van der Waals surface area (Å²) in [5, 5.41) is 0. The summed E-state index contributed by atoms with van der Waals surface area (Å²) in [7, 11) is 0. The highest BCUT2D eigenvalue weighted by Gasteiger charge is 3.20. The lowest BCUT2D eigenvalue weighted by molar-refractivity contribution is -0.595. The molecule has 0 amide bonds. The van der Waals surface area contributed by atoms with Crippen LogP contribution in [0.1, 0.15) is 13.8 Å². The molecule has 0 aromatic heterocycles. The predicted octanol–water partition coefficient (Wildman–Crippen LogP) is 5.06. The number of alkyl halides is 14. The summed E-state index contributed by atoms with van der Waals surface area (Å²) in [5.41, 5.74) is -32.6. The Labute approximate surface area is 134 Å². The van der Waals surface area contributed by atoms with Crippen LogP contribution >= 0.6 is 0 Å². The predicted molar refractivity (Wildman–Crippen MR) is 53.9 cm³/mol. The van der Waals surface area contributed by atoms with E-state index in [-0.39, 0.29) is 0 Å². The van der Waals surface area contributed by atoms with Gasteiger partial charge in [-0.25, -0.2) is 35.1 Å². The molecular formula is C12H6F14. The van der Waals surface area contributed by atoms with Crippen molar-refractivity contribution in [1.29, 1.82) is 0 Å². The van der Waals surface area contributed by atoms with Crippen LogP contribution in [0.2, 0.25) is 0 Å². The van der Waals surface area contributed by atoms with Crippen LogP contribution in [0.4, 0.5) is 61.5 Å². The molecule has 0 saturated heterocycles. The van der Waals surface area contributed by atoms with Gasteiger partial charge in [-0.3, -0.25) is 0 Å². The summed E-state index contributed by atoms with van der Waals surface area (Å²) in [5.74, 6) is -35.9. The van der Waals surface area contributed by atoms with Crippen molar-refractivity contribution in [3.05, 3.63) is 0 Å². The van der Waals surface area contributed by atoms with Gasteiger partial charge in [-0.05, 0) is 13.8 Å². The molecule has 0 aromatic carbocycles. The highest BCUT2D eigenvalue weighted by atomic mass is 19.3. The van der Waals surface area contributed by atoms with Gasteiger partial charge >= 0.3 is 41.0 Å². The Morgan fingerprint density at radius 1 is 0.346 bits per heavy atom. The standard InChI is InChI=1S/C12H6F14/c1-3-4(2,13)5(14)10(21,22)6(15,8(3,17)18)12(25,26)7(16,9(3,19)20)11(5,23)24/h1-2H3. The minimum absolute atomic E-state index is 0.917. The van der Waals surface area contributed by atoms with Crippen LogP contribution in [0.3, 0.4) is 0 Å². The van der Waals surface area contributed by atoms with Gasteiger partial charge in [0.2, 0.25) is 0 Å². The monoisotopic (exact) mass is 416 g/mol. The van der Waals surface area contributed by atoms with E-state index in [1.807, 2.05) is 0 Å². The van der Waals surface area contributed by atoms with E-state index in [4.69, 9.17) is 0 Å². The Morgan fingerprint density at radius 3 is 0.846 bits per heavy atom. The number of halogens is 14. The topological polar surface area (TPSA) is 0 Å². The summed E-state index contributed by atoms with van der Waals surface area (Å²) in [6, 6.07) is 0. The maximum absolute atomic E-state index is 14.6. The van der Waals surface area contributed by atoms with Gasteiger partial charge < -0.3 is 0 Å². The first-order valence-corrected chi connectivity index (χ1v) is 6.65. The van der Waals surface area contributed by atoms with Crippen molar-refractivity contribution in [2.45, 2.75) is 66.1 Å².